The van der Waals surface area contributed by atoms with Crippen LogP contribution in [0.5, 0.6) is 0 Å². The number of rotatable bonds is 3. The summed E-state index contributed by atoms with van der Waals surface area (Å²) in [5.41, 5.74) is 0.896. The van der Waals surface area contributed by atoms with Gasteiger partial charge in [-0.25, -0.2) is 12.8 Å². The van der Waals surface area contributed by atoms with E-state index >= 15 is 0 Å². The normalized spacial score (nSPS) is 24.4. The lowest BCUT2D eigenvalue weighted by Crippen LogP contribution is -2.11. The molecule has 0 radical (unpaired) electrons. The lowest BCUT2D eigenvalue weighted by molar-refractivity contribution is 0.563. The standard InChI is InChI=1S/C13H16FNO2S/c14-12-7-9(10-5-6-15-8-10)1-4-13(12)18(16,17)11-2-3-11/h1,4,7,10-11,15H,2-3,5-6,8H2. The predicted molar refractivity (Wildman–Crippen MR) is 66.8 cm³/mol. The Labute approximate surface area is 106 Å². The van der Waals surface area contributed by atoms with E-state index in [2.05, 4.69) is 5.32 Å². The van der Waals surface area contributed by atoms with E-state index in [1.54, 1.807) is 6.07 Å². The van der Waals surface area contributed by atoms with Crippen LogP contribution in [-0.4, -0.2) is 26.8 Å². The SMILES string of the molecule is O=S(=O)(c1ccc(C2CCNC2)cc1F)C1CC1. The highest BCUT2D eigenvalue weighted by Crippen LogP contribution is 2.35. The highest BCUT2D eigenvalue weighted by molar-refractivity contribution is 7.92. The molecular formula is C13H16FNO2S. The minimum Gasteiger partial charge on any atom is -0.316 e. The van der Waals surface area contributed by atoms with E-state index in [0.29, 0.717) is 18.8 Å². The van der Waals surface area contributed by atoms with Crippen LogP contribution in [0.4, 0.5) is 4.39 Å². The summed E-state index contributed by atoms with van der Waals surface area (Å²) in [6, 6.07) is 4.60. The molecule has 3 rings (SSSR count). The molecule has 2 fully saturated rings. The zero-order valence-corrected chi connectivity index (χ0v) is 10.8. The van der Waals surface area contributed by atoms with Crippen molar-refractivity contribution in [3.63, 3.8) is 0 Å². The smallest absolute Gasteiger partial charge is 0.184 e. The van der Waals surface area contributed by atoms with Gasteiger partial charge < -0.3 is 5.32 Å². The molecule has 1 aliphatic carbocycles. The summed E-state index contributed by atoms with van der Waals surface area (Å²) in [6.07, 6.45) is 2.31. The van der Waals surface area contributed by atoms with Gasteiger partial charge in [-0.2, -0.15) is 0 Å². The van der Waals surface area contributed by atoms with Gasteiger partial charge in [0.25, 0.3) is 0 Å². The van der Waals surface area contributed by atoms with Crippen molar-refractivity contribution < 1.29 is 12.8 Å². The maximum Gasteiger partial charge on any atom is 0.184 e. The second-order valence-electron chi connectivity index (χ2n) is 5.12. The third kappa shape index (κ3) is 2.06. The summed E-state index contributed by atoms with van der Waals surface area (Å²) in [6.45, 7) is 1.78. The first-order valence-corrected chi connectivity index (χ1v) is 7.88. The number of halogens is 1. The Morgan fingerprint density at radius 3 is 2.56 bits per heavy atom. The molecule has 98 valence electrons. The van der Waals surface area contributed by atoms with E-state index in [1.807, 2.05) is 0 Å². The van der Waals surface area contributed by atoms with Crippen LogP contribution in [-0.2, 0) is 9.84 Å². The van der Waals surface area contributed by atoms with Crippen LogP contribution in [0.3, 0.4) is 0 Å². The lowest BCUT2D eigenvalue weighted by atomic mass is 9.98. The first kappa shape index (κ1) is 12.1. The molecule has 1 N–H and O–H groups in total. The van der Waals surface area contributed by atoms with Crippen LogP contribution in [0.25, 0.3) is 0 Å². The van der Waals surface area contributed by atoms with E-state index < -0.39 is 15.7 Å². The molecule has 1 atom stereocenters. The molecule has 0 spiro atoms. The fourth-order valence-corrected chi connectivity index (χ4v) is 4.20. The van der Waals surface area contributed by atoms with Gasteiger partial charge in [0.2, 0.25) is 0 Å². The average Bonchev–Trinajstić information content (AvgIpc) is 3.06. The maximum absolute atomic E-state index is 14.0. The Morgan fingerprint density at radius 1 is 1.22 bits per heavy atom. The van der Waals surface area contributed by atoms with Gasteiger partial charge in [-0.15, -0.1) is 0 Å². The third-order valence-electron chi connectivity index (χ3n) is 3.76. The molecule has 0 bridgehead atoms. The summed E-state index contributed by atoms with van der Waals surface area (Å²) >= 11 is 0. The molecule has 1 heterocycles. The highest BCUT2D eigenvalue weighted by atomic mass is 32.2. The van der Waals surface area contributed by atoms with Gasteiger partial charge in [-0.3, -0.25) is 0 Å². The molecule has 1 aromatic carbocycles. The Balaban J connectivity index is 1.93. The second kappa shape index (κ2) is 4.31. The Bertz CT molecular complexity index is 560. The van der Waals surface area contributed by atoms with Crippen LogP contribution in [0.2, 0.25) is 0 Å². The van der Waals surface area contributed by atoms with Gasteiger partial charge in [-0.1, -0.05) is 6.07 Å². The third-order valence-corrected chi connectivity index (χ3v) is 6.05. The summed E-state index contributed by atoms with van der Waals surface area (Å²) < 4.78 is 38.0. The molecule has 5 heteroatoms. The van der Waals surface area contributed by atoms with Crippen LogP contribution in [0.1, 0.15) is 30.7 Å². The monoisotopic (exact) mass is 269 g/mol. The van der Waals surface area contributed by atoms with Gasteiger partial charge in [0.1, 0.15) is 10.7 Å². The first-order valence-electron chi connectivity index (χ1n) is 6.33. The minimum absolute atomic E-state index is 0.125. The molecule has 3 nitrogen and oxygen atoms in total. The fourth-order valence-electron chi connectivity index (χ4n) is 2.50. The molecular weight excluding hydrogens is 253 g/mol. The van der Waals surface area contributed by atoms with Crippen molar-refractivity contribution in [1.29, 1.82) is 0 Å². The topological polar surface area (TPSA) is 46.2 Å². The summed E-state index contributed by atoms with van der Waals surface area (Å²) in [5, 5.41) is 2.87. The van der Waals surface area contributed by atoms with Crippen LogP contribution >= 0.6 is 0 Å². The average molecular weight is 269 g/mol. The Kier molecular flexibility index (Phi) is 2.90. The van der Waals surface area contributed by atoms with Crippen molar-refractivity contribution in [3.05, 3.63) is 29.6 Å². The number of nitrogens with one attached hydrogen (secondary N) is 1. The molecule has 1 saturated carbocycles. The fraction of sp³-hybridized carbons (Fsp3) is 0.538. The first-order chi connectivity index (χ1) is 8.59. The Hall–Kier alpha value is -0.940. The van der Waals surface area contributed by atoms with Gasteiger partial charge in [0.15, 0.2) is 9.84 Å². The van der Waals surface area contributed by atoms with E-state index in [0.717, 1.165) is 25.1 Å². The van der Waals surface area contributed by atoms with Crippen molar-refractivity contribution in [2.45, 2.75) is 35.3 Å². The molecule has 0 amide bonds. The van der Waals surface area contributed by atoms with Crippen molar-refractivity contribution in [3.8, 4) is 0 Å². The number of hydrogen-bond donors (Lipinski definition) is 1. The molecule has 18 heavy (non-hydrogen) atoms. The molecule has 2 aliphatic rings. The number of sulfone groups is 1. The van der Waals surface area contributed by atoms with Crippen molar-refractivity contribution in [1.82, 2.24) is 5.32 Å². The van der Waals surface area contributed by atoms with Gasteiger partial charge in [0.05, 0.1) is 5.25 Å². The zero-order chi connectivity index (χ0) is 12.8. The molecule has 1 aromatic rings. The molecule has 0 aromatic heterocycles. The van der Waals surface area contributed by atoms with Crippen LogP contribution in [0, 0.1) is 5.82 Å². The van der Waals surface area contributed by atoms with Crippen LogP contribution < -0.4 is 5.32 Å². The van der Waals surface area contributed by atoms with Gasteiger partial charge in [0, 0.05) is 6.54 Å². The molecule has 1 saturated heterocycles. The number of hydrogen-bond acceptors (Lipinski definition) is 3. The van der Waals surface area contributed by atoms with Crippen LogP contribution in [0.15, 0.2) is 23.1 Å². The second-order valence-corrected chi connectivity index (χ2v) is 7.32. The minimum atomic E-state index is -3.43. The Morgan fingerprint density at radius 2 is 2.00 bits per heavy atom. The lowest BCUT2D eigenvalue weighted by Gasteiger charge is -2.11. The van der Waals surface area contributed by atoms with Crippen molar-refractivity contribution in [2.75, 3.05) is 13.1 Å². The molecule has 1 unspecified atom stereocenters. The van der Waals surface area contributed by atoms with Crippen molar-refractivity contribution >= 4 is 9.84 Å². The van der Waals surface area contributed by atoms with Gasteiger partial charge >= 0.3 is 0 Å². The zero-order valence-electron chi connectivity index (χ0n) is 10.0. The summed E-state index contributed by atoms with van der Waals surface area (Å²) in [7, 11) is -3.43. The highest BCUT2D eigenvalue weighted by Gasteiger charge is 2.38. The summed E-state index contributed by atoms with van der Waals surface area (Å²) in [4.78, 5) is -0.125. The van der Waals surface area contributed by atoms with E-state index in [1.165, 1.54) is 12.1 Å². The van der Waals surface area contributed by atoms with Gasteiger partial charge in [-0.05, 0) is 49.4 Å². The van der Waals surface area contributed by atoms with E-state index in [4.69, 9.17) is 0 Å². The van der Waals surface area contributed by atoms with E-state index in [-0.39, 0.29) is 10.1 Å². The van der Waals surface area contributed by atoms with Crippen molar-refractivity contribution in [2.24, 2.45) is 0 Å². The predicted octanol–water partition coefficient (Wildman–Crippen LogP) is 1.84. The quantitative estimate of drug-likeness (QED) is 0.910. The number of benzene rings is 1. The largest absolute Gasteiger partial charge is 0.316 e. The maximum atomic E-state index is 14.0. The molecule has 1 aliphatic heterocycles. The van der Waals surface area contributed by atoms with E-state index in [9.17, 15) is 12.8 Å². The summed E-state index contributed by atoms with van der Waals surface area (Å²) in [5.74, 6) is -0.288.